The number of allylic oxidation sites excluding steroid dienone is 1. The molecule has 144 valence electrons. The predicted octanol–water partition coefficient (Wildman–Crippen LogP) is 5.11. The summed E-state index contributed by atoms with van der Waals surface area (Å²) in [6.07, 6.45) is 13.8. The van der Waals surface area contributed by atoms with E-state index in [1.807, 2.05) is 6.92 Å². The molecule has 4 saturated carbocycles. The Morgan fingerprint density at radius 1 is 1.00 bits per heavy atom. The molecule has 0 radical (unpaired) electrons. The highest BCUT2D eigenvalue weighted by atomic mass is 16.5. The van der Waals surface area contributed by atoms with Gasteiger partial charge in [-0.1, -0.05) is 25.5 Å². The van der Waals surface area contributed by atoms with Gasteiger partial charge in [0.25, 0.3) is 0 Å². The van der Waals surface area contributed by atoms with Crippen LogP contribution in [0.1, 0.15) is 78.6 Å². The first kappa shape index (κ1) is 16.6. The minimum atomic E-state index is -0.568. The SMILES string of the molecule is CC1(O)C=C2CCC3C(CCC4(C)C3C3CC3[C@@]43CCCO3)C2(C)CC1. The molecule has 1 heterocycles. The van der Waals surface area contributed by atoms with Crippen LogP contribution in [0.15, 0.2) is 11.6 Å². The van der Waals surface area contributed by atoms with Gasteiger partial charge in [0.05, 0.1) is 11.2 Å². The smallest absolute Gasteiger partial charge is 0.0802 e. The maximum atomic E-state index is 10.6. The zero-order valence-electron chi connectivity index (χ0n) is 16.9. The quantitative estimate of drug-likeness (QED) is 0.612. The minimum Gasteiger partial charge on any atom is -0.386 e. The highest BCUT2D eigenvalue weighted by Crippen LogP contribution is 2.79. The number of aliphatic hydroxyl groups is 1. The van der Waals surface area contributed by atoms with Gasteiger partial charge in [0.1, 0.15) is 0 Å². The van der Waals surface area contributed by atoms with Gasteiger partial charge in [0.15, 0.2) is 0 Å². The van der Waals surface area contributed by atoms with E-state index in [1.165, 1.54) is 51.4 Å². The Morgan fingerprint density at radius 3 is 2.62 bits per heavy atom. The standard InChI is InChI=1S/C24H36O2/c1-21(25)10-11-22(2)15(14-21)5-6-16-18(22)7-9-23(3)20(16)17-13-19(17)24(23)8-4-12-26-24/h14,16-20,25H,4-13H2,1-3H3/t16?,17?,18?,19?,20?,21?,22?,23?,24-/m0/s1. The number of ether oxygens (including phenoxy) is 1. The van der Waals surface area contributed by atoms with Crippen LogP contribution in [0.25, 0.3) is 0 Å². The average Bonchev–Trinajstić information content (AvgIpc) is 3.15. The van der Waals surface area contributed by atoms with Crippen molar-refractivity contribution in [1.82, 2.24) is 0 Å². The first-order valence-electron chi connectivity index (χ1n) is 11.4. The molecule has 1 N–H and O–H groups in total. The van der Waals surface area contributed by atoms with Gasteiger partial charge in [-0.05, 0) is 99.7 Å². The largest absolute Gasteiger partial charge is 0.386 e. The second-order valence-corrected chi connectivity index (χ2v) is 11.6. The topological polar surface area (TPSA) is 29.5 Å². The Morgan fingerprint density at radius 2 is 1.85 bits per heavy atom. The van der Waals surface area contributed by atoms with E-state index in [9.17, 15) is 5.11 Å². The van der Waals surface area contributed by atoms with Crippen molar-refractivity contribution in [3.8, 4) is 0 Å². The molecule has 0 aromatic rings. The molecule has 0 bridgehead atoms. The van der Waals surface area contributed by atoms with Crippen LogP contribution in [-0.2, 0) is 4.74 Å². The van der Waals surface area contributed by atoms with Crippen LogP contribution < -0.4 is 0 Å². The molecule has 8 unspecified atom stereocenters. The molecule has 26 heavy (non-hydrogen) atoms. The highest BCUT2D eigenvalue weighted by molar-refractivity contribution is 5.31. The molecule has 5 aliphatic carbocycles. The summed E-state index contributed by atoms with van der Waals surface area (Å²) in [4.78, 5) is 0. The Labute approximate surface area is 158 Å². The van der Waals surface area contributed by atoms with E-state index in [-0.39, 0.29) is 5.60 Å². The van der Waals surface area contributed by atoms with Crippen LogP contribution in [-0.4, -0.2) is 22.9 Å². The van der Waals surface area contributed by atoms with Gasteiger partial charge in [0, 0.05) is 12.0 Å². The number of hydrogen-bond donors (Lipinski definition) is 1. The summed E-state index contributed by atoms with van der Waals surface area (Å²) < 4.78 is 6.62. The summed E-state index contributed by atoms with van der Waals surface area (Å²) >= 11 is 0. The first-order valence-corrected chi connectivity index (χ1v) is 11.4. The Hall–Kier alpha value is -0.340. The van der Waals surface area contributed by atoms with Crippen molar-refractivity contribution in [1.29, 1.82) is 0 Å². The number of hydrogen-bond acceptors (Lipinski definition) is 2. The van der Waals surface area contributed by atoms with Crippen LogP contribution in [0.3, 0.4) is 0 Å². The van der Waals surface area contributed by atoms with E-state index in [1.54, 1.807) is 5.57 Å². The zero-order chi connectivity index (χ0) is 17.9. The van der Waals surface area contributed by atoms with Crippen molar-refractivity contribution in [2.24, 2.45) is 40.4 Å². The van der Waals surface area contributed by atoms with Gasteiger partial charge in [-0.25, -0.2) is 0 Å². The number of rotatable bonds is 0. The van der Waals surface area contributed by atoms with Crippen LogP contribution in [0, 0.1) is 40.4 Å². The molecule has 1 saturated heterocycles. The highest BCUT2D eigenvalue weighted by Gasteiger charge is 2.77. The summed E-state index contributed by atoms with van der Waals surface area (Å²) in [5.74, 6) is 4.50. The molecule has 1 aliphatic heterocycles. The summed E-state index contributed by atoms with van der Waals surface area (Å²) in [6, 6.07) is 0. The average molecular weight is 357 g/mol. The normalized spacial score (nSPS) is 62.9. The second-order valence-electron chi connectivity index (χ2n) is 11.6. The molecule has 0 aromatic heterocycles. The fourth-order valence-corrected chi connectivity index (χ4v) is 9.38. The van der Waals surface area contributed by atoms with Crippen molar-refractivity contribution in [3.63, 3.8) is 0 Å². The lowest BCUT2D eigenvalue weighted by Crippen LogP contribution is -2.57. The van der Waals surface area contributed by atoms with Gasteiger partial charge in [-0.15, -0.1) is 0 Å². The van der Waals surface area contributed by atoms with E-state index in [2.05, 4.69) is 19.9 Å². The molecular weight excluding hydrogens is 320 g/mol. The summed E-state index contributed by atoms with van der Waals surface area (Å²) in [5, 5.41) is 10.6. The van der Waals surface area contributed by atoms with Crippen molar-refractivity contribution < 1.29 is 9.84 Å². The van der Waals surface area contributed by atoms with Crippen LogP contribution in [0.4, 0.5) is 0 Å². The third kappa shape index (κ3) is 1.78. The second kappa shape index (κ2) is 4.79. The lowest BCUT2D eigenvalue weighted by atomic mass is 9.45. The molecule has 5 fully saturated rings. The molecule has 6 rings (SSSR count). The maximum Gasteiger partial charge on any atom is 0.0802 e. The van der Waals surface area contributed by atoms with Crippen molar-refractivity contribution in [2.45, 2.75) is 89.8 Å². The summed E-state index contributed by atoms with van der Waals surface area (Å²) in [7, 11) is 0. The first-order chi connectivity index (χ1) is 12.3. The lowest BCUT2D eigenvalue weighted by Gasteiger charge is -2.61. The van der Waals surface area contributed by atoms with E-state index in [0.717, 1.165) is 42.6 Å². The lowest BCUT2D eigenvalue weighted by molar-refractivity contribution is -0.155. The van der Waals surface area contributed by atoms with Crippen LogP contribution >= 0.6 is 0 Å². The molecule has 9 atom stereocenters. The fourth-order valence-electron chi connectivity index (χ4n) is 9.38. The predicted molar refractivity (Wildman–Crippen MR) is 103 cm³/mol. The van der Waals surface area contributed by atoms with Crippen molar-refractivity contribution in [3.05, 3.63) is 11.6 Å². The van der Waals surface area contributed by atoms with Crippen LogP contribution in [0.5, 0.6) is 0 Å². The van der Waals surface area contributed by atoms with E-state index >= 15 is 0 Å². The molecule has 2 heteroatoms. The maximum absolute atomic E-state index is 10.6. The van der Waals surface area contributed by atoms with Crippen molar-refractivity contribution >= 4 is 0 Å². The van der Waals surface area contributed by atoms with Crippen molar-refractivity contribution in [2.75, 3.05) is 6.61 Å². The molecule has 0 aromatic carbocycles. The van der Waals surface area contributed by atoms with Gasteiger partial charge in [-0.3, -0.25) is 0 Å². The Balaban J connectivity index is 1.38. The Bertz CT molecular complexity index is 672. The van der Waals surface area contributed by atoms with Gasteiger partial charge < -0.3 is 9.84 Å². The molecule has 1 spiro atoms. The minimum absolute atomic E-state index is 0.251. The third-order valence-electron chi connectivity index (χ3n) is 10.5. The Kier molecular flexibility index (Phi) is 3.06. The third-order valence-corrected chi connectivity index (χ3v) is 10.5. The monoisotopic (exact) mass is 356 g/mol. The van der Waals surface area contributed by atoms with Gasteiger partial charge in [-0.2, -0.15) is 0 Å². The van der Waals surface area contributed by atoms with E-state index < -0.39 is 5.60 Å². The number of fused-ring (bicyclic) bond motifs is 9. The van der Waals surface area contributed by atoms with Gasteiger partial charge in [0.2, 0.25) is 0 Å². The molecule has 0 amide bonds. The van der Waals surface area contributed by atoms with E-state index in [4.69, 9.17) is 4.74 Å². The molecular formula is C24H36O2. The molecule has 2 nitrogen and oxygen atoms in total. The molecule has 6 aliphatic rings. The zero-order valence-corrected chi connectivity index (χ0v) is 16.9. The summed E-state index contributed by atoms with van der Waals surface area (Å²) in [6.45, 7) is 8.20. The summed E-state index contributed by atoms with van der Waals surface area (Å²) in [5.41, 5.74) is 2.07. The van der Waals surface area contributed by atoms with Crippen LogP contribution in [0.2, 0.25) is 0 Å². The van der Waals surface area contributed by atoms with E-state index in [0.29, 0.717) is 10.8 Å². The fraction of sp³-hybridized carbons (Fsp3) is 0.917. The van der Waals surface area contributed by atoms with Gasteiger partial charge >= 0.3 is 0 Å².